The molecule has 0 radical (unpaired) electrons. The van der Waals surface area contributed by atoms with Gasteiger partial charge in [0.1, 0.15) is 11.4 Å². The lowest BCUT2D eigenvalue weighted by Gasteiger charge is -2.06. The number of thioether (sulfide) groups is 1. The first-order chi connectivity index (χ1) is 6.24. The molecule has 0 aliphatic carbocycles. The number of hydrogen-bond acceptors (Lipinski definition) is 4. The average molecular weight is 194 g/mol. The van der Waals surface area contributed by atoms with Crippen LogP contribution < -0.4 is 0 Å². The van der Waals surface area contributed by atoms with Gasteiger partial charge in [0.15, 0.2) is 0 Å². The van der Waals surface area contributed by atoms with E-state index in [4.69, 9.17) is 0 Å². The predicted octanol–water partition coefficient (Wildman–Crippen LogP) is 1.46. The fraction of sp³-hybridized carbons (Fsp3) is 0.375. The fourth-order valence-electron chi connectivity index (χ4n) is 1.24. The van der Waals surface area contributed by atoms with Crippen LogP contribution in [0.5, 0.6) is 0 Å². The van der Waals surface area contributed by atoms with E-state index in [1.54, 1.807) is 16.3 Å². The lowest BCUT2D eigenvalue weighted by molar-refractivity contribution is 0.815. The topological polar surface area (TPSA) is 43.1 Å². The van der Waals surface area contributed by atoms with Crippen molar-refractivity contribution in [3.63, 3.8) is 0 Å². The molecule has 0 fully saturated rings. The summed E-state index contributed by atoms with van der Waals surface area (Å²) in [5.41, 5.74) is 2.19. The highest BCUT2D eigenvalue weighted by Crippen LogP contribution is 2.21. The van der Waals surface area contributed by atoms with E-state index in [1.165, 1.54) is 11.9 Å². The van der Waals surface area contributed by atoms with Gasteiger partial charge in [-0.3, -0.25) is 0 Å². The maximum atomic E-state index is 4.32. The third kappa shape index (κ3) is 1.19. The van der Waals surface area contributed by atoms with Gasteiger partial charge in [0.05, 0.1) is 0 Å². The van der Waals surface area contributed by atoms with Gasteiger partial charge in [0, 0.05) is 11.3 Å². The highest BCUT2D eigenvalue weighted by Gasteiger charge is 2.08. The Morgan fingerprint density at radius 2 is 2.15 bits per heavy atom. The summed E-state index contributed by atoms with van der Waals surface area (Å²) in [5, 5.41) is 5.22. The van der Waals surface area contributed by atoms with Crippen LogP contribution in [-0.2, 0) is 0 Å². The van der Waals surface area contributed by atoms with Crippen molar-refractivity contribution in [1.82, 2.24) is 19.6 Å². The Balaban J connectivity index is 2.87. The molecule has 0 saturated carbocycles. The molecule has 5 heteroatoms. The summed E-state index contributed by atoms with van der Waals surface area (Å²) in [5.74, 6) is 0.674. The summed E-state index contributed by atoms with van der Waals surface area (Å²) < 4.78 is 1.77. The monoisotopic (exact) mass is 194 g/mol. The van der Waals surface area contributed by atoms with Gasteiger partial charge in [0.2, 0.25) is 0 Å². The summed E-state index contributed by atoms with van der Waals surface area (Å²) in [7, 11) is 0. The second-order valence-corrected chi connectivity index (χ2v) is 3.60. The van der Waals surface area contributed by atoms with Crippen LogP contribution in [0.4, 0.5) is 0 Å². The fourth-order valence-corrected chi connectivity index (χ4v) is 2.00. The second kappa shape index (κ2) is 2.99. The summed E-state index contributed by atoms with van der Waals surface area (Å²) in [4.78, 5) is 8.38. The largest absolute Gasteiger partial charge is 0.253 e. The molecule has 0 aromatic carbocycles. The van der Waals surface area contributed by atoms with Gasteiger partial charge in [-0.1, -0.05) is 0 Å². The van der Waals surface area contributed by atoms with E-state index in [0.29, 0.717) is 5.78 Å². The summed E-state index contributed by atoms with van der Waals surface area (Å²) in [6.45, 7) is 4.04. The zero-order chi connectivity index (χ0) is 9.42. The maximum absolute atomic E-state index is 4.32. The number of aromatic nitrogens is 4. The highest BCUT2D eigenvalue weighted by molar-refractivity contribution is 7.98. The maximum Gasteiger partial charge on any atom is 0.253 e. The molecule has 13 heavy (non-hydrogen) atoms. The van der Waals surface area contributed by atoms with Crippen molar-refractivity contribution >= 4 is 17.5 Å². The standard InChI is InChI=1S/C8H10N4S/c1-5-6(2)11-8-9-4-10-12(8)7(5)13-3/h4H,1-3H3. The molecule has 0 unspecified atom stereocenters. The number of hydrogen-bond donors (Lipinski definition) is 0. The SMILES string of the molecule is CSc1c(C)c(C)nc2ncnn12. The van der Waals surface area contributed by atoms with Crippen LogP contribution in [0.25, 0.3) is 5.78 Å². The molecule has 2 heterocycles. The molecule has 0 aliphatic rings. The Bertz CT molecular complexity index is 449. The van der Waals surface area contributed by atoms with Crippen molar-refractivity contribution in [2.24, 2.45) is 0 Å². The minimum atomic E-state index is 0.674. The number of nitrogens with zero attached hydrogens (tertiary/aromatic N) is 4. The minimum Gasteiger partial charge on any atom is -0.216 e. The molecule has 0 aliphatic heterocycles. The molecule has 2 rings (SSSR count). The lowest BCUT2D eigenvalue weighted by Crippen LogP contribution is -2.01. The first-order valence-corrected chi connectivity index (χ1v) is 5.17. The molecular formula is C8H10N4S. The van der Waals surface area contributed by atoms with Crippen molar-refractivity contribution < 1.29 is 0 Å². The first-order valence-electron chi connectivity index (χ1n) is 3.95. The van der Waals surface area contributed by atoms with Gasteiger partial charge in [-0.2, -0.15) is 14.6 Å². The van der Waals surface area contributed by atoms with Gasteiger partial charge in [0.25, 0.3) is 5.78 Å². The zero-order valence-electron chi connectivity index (χ0n) is 7.77. The van der Waals surface area contributed by atoms with E-state index < -0.39 is 0 Å². The van der Waals surface area contributed by atoms with Crippen LogP contribution in [0.3, 0.4) is 0 Å². The summed E-state index contributed by atoms with van der Waals surface area (Å²) >= 11 is 1.66. The molecule has 0 amide bonds. The third-order valence-electron chi connectivity index (χ3n) is 2.05. The van der Waals surface area contributed by atoms with E-state index in [1.807, 2.05) is 13.2 Å². The number of rotatable bonds is 1. The molecule has 0 atom stereocenters. The van der Waals surface area contributed by atoms with Crippen molar-refractivity contribution in [3.8, 4) is 0 Å². The highest BCUT2D eigenvalue weighted by atomic mass is 32.2. The minimum absolute atomic E-state index is 0.674. The normalized spacial score (nSPS) is 11.0. The van der Waals surface area contributed by atoms with Crippen molar-refractivity contribution in [3.05, 3.63) is 17.6 Å². The average Bonchev–Trinajstić information content (AvgIpc) is 2.54. The van der Waals surface area contributed by atoms with Crippen LogP contribution in [0.2, 0.25) is 0 Å². The van der Waals surface area contributed by atoms with Crippen LogP contribution in [0.15, 0.2) is 11.4 Å². The number of fused-ring (bicyclic) bond motifs is 1. The molecule has 4 nitrogen and oxygen atoms in total. The van der Waals surface area contributed by atoms with Crippen LogP contribution in [0, 0.1) is 13.8 Å². The van der Waals surface area contributed by atoms with E-state index >= 15 is 0 Å². The van der Waals surface area contributed by atoms with Crippen molar-refractivity contribution in [1.29, 1.82) is 0 Å². The molecule has 0 N–H and O–H groups in total. The molecule has 0 saturated heterocycles. The summed E-state index contributed by atoms with van der Waals surface area (Å²) in [6.07, 6.45) is 3.56. The predicted molar refractivity (Wildman–Crippen MR) is 52.0 cm³/mol. The lowest BCUT2D eigenvalue weighted by atomic mass is 10.3. The molecule has 0 spiro atoms. The second-order valence-electron chi connectivity index (χ2n) is 2.80. The Morgan fingerprint density at radius 3 is 2.85 bits per heavy atom. The van der Waals surface area contributed by atoms with E-state index in [0.717, 1.165) is 10.7 Å². The van der Waals surface area contributed by atoms with Gasteiger partial charge in [-0.25, -0.2) is 4.98 Å². The molecular weight excluding hydrogens is 184 g/mol. The number of aryl methyl sites for hydroxylation is 1. The van der Waals surface area contributed by atoms with E-state index in [9.17, 15) is 0 Å². The van der Waals surface area contributed by atoms with Gasteiger partial charge < -0.3 is 0 Å². The molecule has 2 aromatic heterocycles. The van der Waals surface area contributed by atoms with Crippen LogP contribution in [-0.4, -0.2) is 25.8 Å². The van der Waals surface area contributed by atoms with Crippen LogP contribution in [0.1, 0.15) is 11.3 Å². The molecule has 68 valence electrons. The first kappa shape index (κ1) is 8.50. The van der Waals surface area contributed by atoms with E-state index in [2.05, 4.69) is 22.0 Å². The van der Waals surface area contributed by atoms with Gasteiger partial charge in [-0.05, 0) is 20.1 Å². The van der Waals surface area contributed by atoms with Crippen LogP contribution >= 0.6 is 11.8 Å². The Morgan fingerprint density at radius 1 is 1.38 bits per heavy atom. The quantitative estimate of drug-likeness (QED) is 0.509. The Hall–Kier alpha value is -1.10. The van der Waals surface area contributed by atoms with E-state index in [-0.39, 0.29) is 0 Å². The smallest absolute Gasteiger partial charge is 0.216 e. The summed E-state index contributed by atoms with van der Waals surface area (Å²) in [6, 6.07) is 0. The van der Waals surface area contributed by atoms with Crippen molar-refractivity contribution in [2.45, 2.75) is 18.9 Å². The Labute approximate surface area is 80.4 Å². The van der Waals surface area contributed by atoms with Gasteiger partial charge in [-0.15, -0.1) is 11.8 Å². The molecule has 0 bridgehead atoms. The van der Waals surface area contributed by atoms with Crippen molar-refractivity contribution in [2.75, 3.05) is 6.26 Å². The van der Waals surface area contributed by atoms with Gasteiger partial charge >= 0.3 is 0 Å². The third-order valence-corrected chi connectivity index (χ3v) is 2.91. The zero-order valence-corrected chi connectivity index (χ0v) is 8.59. The Kier molecular flexibility index (Phi) is 1.95. The molecule has 2 aromatic rings.